The van der Waals surface area contributed by atoms with Crippen molar-refractivity contribution in [3.05, 3.63) is 58.1 Å². The minimum absolute atomic E-state index is 0.524. The molecule has 106 valence electrons. The van der Waals surface area contributed by atoms with Crippen LogP contribution in [0.4, 0.5) is 5.82 Å². The number of aromatic amines is 1. The van der Waals surface area contributed by atoms with Crippen LogP contribution in [-0.2, 0) is 0 Å². The van der Waals surface area contributed by atoms with Gasteiger partial charge in [-0.25, -0.2) is 0 Å². The normalized spacial score (nSPS) is 10.8. The molecule has 4 heteroatoms. The molecule has 0 unspecified atom stereocenters. The van der Waals surface area contributed by atoms with Gasteiger partial charge in [0.25, 0.3) is 0 Å². The first-order valence-corrected chi connectivity index (χ1v) is 7.53. The van der Waals surface area contributed by atoms with Crippen LogP contribution >= 0.6 is 15.9 Å². The van der Waals surface area contributed by atoms with Crippen LogP contribution in [0.5, 0.6) is 0 Å². The van der Waals surface area contributed by atoms with Crippen LogP contribution < -0.4 is 5.73 Å². The van der Waals surface area contributed by atoms with E-state index in [0.29, 0.717) is 5.82 Å². The minimum Gasteiger partial charge on any atom is -0.382 e. The zero-order chi connectivity index (χ0) is 15.0. The Bertz CT molecular complexity index is 788. The van der Waals surface area contributed by atoms with Gasteiger partial charge in [-0.05, 0) is 37.1 Å². The summed E-state index contributed by atoms with van der Waals surface area (Å²) in [7, 11) is 0. The van der Waals surface area contributed by atoms with Crippen molar-refractivity contribution in [2.24, 2.45) is 0 Å². The number of benzene rings is 2. The number of aromatic nitrogens is 2. The Morgan fingerprint density at radius 1 is 1.05 bits per heavy atom. The van der Waals surface area contributed by atoms with Gasteiger partial charge in [0.2, 0.25) is 0 Å². The van der Waals surface area contributed by atoms with E-state index < -0.39 is 0 Å². The van der Waals surface area contributed by atoms with E-state index in [1.807, 2.05) is 6.07 Å². The lowest BCUT2D eigenvalue weighted by Gasteiger charge is -2.08. The molecule has 0 aliphatic rings. The van der Waals surface area contributed by atoms with E-state index in [0.717, 1.165) is 26.9 Å². The molecule has 0 saturated carbocycles. The Balaban J connectivity index is 2.19. The lowest BCUT2D eigenvalue weighted by atomic mass is 9.97. The Morgan fingerprint density at radius 2 is 1.76 bits per heavy atom. The van der Waals surface area contributed by atoms with E-state index in [4.69, 9.17) is 5.73 Å². The van der Waals surface area contributed by atoms with Gasteiger partial charge in [-0.2, -0.15) is 5.10 Å². The second-order valence-corrected chi connectivity index (χ2v) is 6.10. The maximum absolute atomic E-state index is 6.08. The molecule has 21 heavy (non-hydrogen) atoms. The highest BCUT2D eigenvalue weighted by molar-refractivity contribution is 9.10. The van der Waals surface area contributed by atoms with Crippen molar-refractivity contribution in [1.82, 2.24) is 10.2 Å². The van der Waals surface area contributed by atoms with Crippen LogP contribution in [0.25, 0.3) is 22.4 Å². The number of hydrogen-bond acceptors (Lipinski definition) is 2. The maximum Gasteiger partial charge on any atom is 0.153 e. The first kappa shape index (κ1) is 13.9. The van der Waals surface area contributed by atoms with Gasteiger partial charge in [-0.15, -0.1) is 0 Å². The standard InChI is InChI=1S/C17H16BrN3/c1-10-3-5-12(6-4-10)15-16(20-21-17(15)19)14-8-7-13(18)9-11(14)2/h3-9H,1-2H3,(H3,19,20,21). The summed E-state index contributed by atoms with van der Waals surface area (Å²) in [5, 5.41) is 7.27. The highest BCUT2D eigenvalue weighted by Crippen LogP contribution is 2.36. The molecule has 0 fully saturated rings. The van der Waals surface area contributed by atoms with Gasteiger partial charge in [-0.1, -0.05) is 51.8 Å². The zero-order valence-corrected chi connectivity index (χ0v) is 13.5. The quantitative estimate of drug-likeness (QED) is 0.709. The van der Waals surface area contributed by atoms with E-state index >= 15 is 0 Å². The highest BCUT2D eigenvalue weighted by Gasteiger charge is 2.16. The smallest absolute Gasteiger partial charge is 0.153 e. The average molecular weight is 342 g/mol. The Kier molecular flexibility index (Phi) is 3.55. The third kappa shape index (κ3) is 2.59. The predicted octanol–water partition coefficient (Wildman–Crippen LogP) is 4.71. The van der Waals surface area contributed by atoms with Crippen LogP contribution in [-0.4, -0.2) is 10.2 Å². The van der Waals surface area contributed by atoms with E-state index in [1.165, 1.54) is 11.1 Å². The topological polar surface area (TPSA) is 54.7 Å². The molecule has 3 nitrogen and oxygen atoms in total. The summed E-state index contributed by atoms with van der Waals surface area (Å²) in [5.41, 5.74) is 12.6. The summed E-state index contributed by atoms with van der Waals surface area (Å²) in [6.07, 6.45) is 0. The molecule has 0 amide bonds. The minimum atomic E-state index is 0.524. The molecule has 3 N–H and O–H groups in total. The molecule has 1 heterocycles. The molecule has 1 aromatic heterocycles. The number of halogens is 1. The Labute approximate surface area is 132 Å². The molecule has 0 atom stereocenters. The Morgan fingerprint density at radius 3 is 2.43 bits per heavy atom. The van der Waals surface area contributed by atoms with Crippen LogP contribution in [0, 0.1) is 13.8 Å². The predicted molar refractivity (Wildman–Crippen MR) is 91.0 cm³/mol. The SMILES string of the molecule is Cc1ccc(-c2c(N)n[nH]c2-c2ccc(Br)cc2C)cc1. The molecule has 2 aromatic carbocycles. The van der Waals surface area contributed by atoms with E-state index in [-0.39, 0.29) is 0 Å². The molecular weight excluding hydrogens is 326 g/mol. The summed E-state index contributed by atoms with van der Waals surface area (Å²) in [6.45, 7) is 4.15. The van der Waals surface area contributed by atoms with Crippen LogP contribution in [0.2, 0.25) is 0 Å². The molecular formula is C17H16BrN3. The van der Waals surface area contributed by atoms with Crippen molar-refractivity contribution in [2.45, 2.75) is 13.8 Å². The second-order valence-electron chi connectivity index (χ2n) is 5.18. The molecule has 0 saturated heterocycles. The molecule has 0 aliphatic carbocycles. The van der Waals surface area contributed by atoms with Gasteiger partial charge in [0, 0.05) is 10.0 Å². The third-order valence-electron chi connectivity index (χ3n) is 3.59. The summed E-state index contributed by atoms with van der Waals surface area (Å²) in [4.78, 5) is 0. The number of nitrogen functional groups attached to an aromatic ring is 1. The number of nitrogens with one attached hydrogen (secondary N) is 1. The first-order valence-electron chi connectivity index (χ1n) is 6.73. The van der Waals surface area contributed by atoms with E-state index in [1.54, 1.807) is 0 Å². The zero-order valence-electron chi connectivity index (χ0n) is 11.9. The molecule has 0 radical (unpaired) electrons. The summed E-state index contributed by atoms with van der Waals surface area (Å²) < 4.78 is 1.06. The van der Waals surface area contributed by atoms with Gasteiger partial charge in [0.15, 0.2) is 5.82 Å². The van der Waals surface area contributed by atoms with Crippen molar-refractivity contribution in [3.63, 3.8) is 0 Å². The van der Waals surface area contributed by atoms with Gasteiger partial charge >= 0.3 is 0 Å². The largest absolute Gasteiger partial charge is 0.382 e. The number of anilines is 1. The molecule has 0 aliphatic heterocycles. The van der Waals surface area contributed by atoms with Crippen LogP contribution in [0.1, 0.15) is 11.1 Å². The number of nitrogens with two attached hydrogens (primary N) is 1. The fraction of sp³-hybridized carbons (Fsp3) is 0.118. The van der Waals surface area contributed by atoms with Gasteiger partial charge < -0.3 is 5.73 Å². The summed E-state index contributed by atoms with van der Waals surface area (Å²) in [5.74, 6) is 0.524. The molecule has 0 bridgehead atoms. The molecule has 0 spiro atoms. The monoisotopic (exact) mass is 341 g/mol. The fourth-order valence-electron chi connectivity index (χ4n) is 2.47. The van der Waals surface area contributed by atoms with Crippen molar-refractivity contribution >= 4 is 21.7 Å². The van der Waals surface area contributed by atoms with E-state index in [9.17, 15) is 0 Å². The fourth-order valence-corrected chi connectivity index (χ4v) is 2.95. The summed E-state index contributed by atoms with van der Waals surface area (Å²) in [6, 6.07) is 14.5. The average Bonchev–Trinajstić information content (AvgIpc) is 2.82. The number of rotatable bonds is 2. The van der Waals surface area contributed by atoms with Gasteiger partial charge in [-0.3, -0.25) is 5.10 Å². The second kappa shape index (κ2) is 5.37. The van der Waals surface area contributed by atoms with Crippen LogP contribution in [0.3, 0.4) is 0 Å². The number of nitrogens with zero attached hydrogens (tertiary/aromatic N) is 1. The number of hydrogen-bond donors (Lipinski definition) is 2. The van der Waals surface area contributed by atoms with Crippen LogP contribution in [0.15, 0.2) is 46.9 Å². The van der Waals surface area contributed by atoms with E-state index in [2.05, 4.69) is 76.4 Å². The number of H-pyrrole nitrogens is 1. The third-order valence-corrected chi connectivity index (χ3v) is 4.09. The molecule has 3 aromatic rings. The van der Waals surface area contributed by atoms with Gasteiger partial charge in [0.05, 0.1) is 11.3 Å². The number of aryl methyl sites for hydroxylation is 2. The van der Waals surface area contributed by atoms with Crippen molar-refractivity contribution < 1.29 is 0 Å². The summed E-state index contributed by atoms with van der Waals surface area (Å²) >= 11 is 3.49. The lowest BCUT2D eigenvalue weighted by molar-refractivity contribution is 1.10. The van der Waals surface area contributed by atoms with Crippen molar-refractivity contribution in [3.8, 4) is 22.4 Å². The van der Waals surface area contributed by atoms with Crippen molar-refractivity contribution in [1.29, 1.82) is 0 Å². The first-order chi connectivity index (χ1) is 10.1. The van der Waals surface area contributed by atoms with Gasteiger partial charge in [0.1, 0.15) is 0 Å². The maximum atomic E-state index is 6.08. The van der Waals surface area contributed by atoms with Crippen molar-refractivity contribution in [2.75, 3.05) is 5.73 Å². The Hall–Kier alpha value is -2.07. The lowest BCUT2D eigenvalue weighted by Crippen LogP contribution is -1.90. The molecule has 3 rings (SSSR count). The highest BCUT2D eigenvalue weighted by atomic mass is 79.9.